The van der Waals surface area contributed by atoms with Crippen molar-refractivity contribution in [3.8, 4) is 0 Å². The summed E-state index contributed by atoms with van der Waals surface area (Å²) in [5.74, 6) is 0. The van der Waals surface area contributed by atoms with Gasteiger partial charge in [-0.2, -0.15) is 0 Å². The second kappa shape index (κ2) is 5.69. The highest BCUT2D eigenvalue weighted by Gasteiger charge is 2.41. The molecule has 1 fully saturated rings. The Kier molecular flexibility index (Phi) is 3.76. The van der Waals surface area contributed by atoms with E-state index in [0.717, 1.165) is 31.5 Å². The highest BCUT2D eigenvalue weighted by molar-refractivity contribution is 5.74. The average Bonchev–Trinajstić information content (AvgIpc) is 3.02. The molecule has 4 heteroatoms. The lowest BCUT2D eigenvalue weighted by atomic mass is 9.77. The van der Waals surface area contributed by atoms with Gasteiger partial charge in [0.2, 0.25) is 0 Å². The van der Waals surface area contributed by atoms with Crippen LogP contribution in [0.4, 0.5) is 0 Å². The van der Waals surface area contributed by atoms with Crippen molar-refractivity contribution in [3.63, 3.8) is 0 Å². The summed E-state index contributed by atoms with van der Waals surface area (Å²) in [5, 5.41) is 3.28. The van der Waals surface area contributed by atoms with Crippen LogP contribution in [0.2, 0.25) is 0 Å². The quantitative estimate of drug-likeness (QED) is 0.840. The molecule has 1 N–H and O–H groups in total. The van der Waals surface area contributed by atoms with Crippen LogP contribution in [-0.4, -0.2) is 36.6 Å². The summed E-state index contributed by atoms with van der Waals surface area (Å²) in [5.41, 5.74) is -0.0925. The van der Waals surface area contributed by atoms with Gasteiger partial charge in [0.15, 0.2) is 0 Å². The maximum atomic E-state index is 11.8. The van der Waals surface area contributed by atoms with Gasteiger partial charge in [-0.15, -0.1) is 0 Å². The Hall–Kier alpha value is -1.78. The fourth-order valence-corrected chi connectivity index (χ4v) is 2.76. The first kappa shape index (κ1) is 13.2. The maximum Gasteiger partial charge on any atom is 0.138 e. The van der Waals surface area contributed by atoms with E-state index in [1.165, 1.54) is 0 Å². The number of pyridine rings is 1. The zero-order valence-corrected chi connectivity index (χ0v) is 11.2. The number of carbonyl (C=O) groups excluding carboxylic acids is 1. The number of hydrogen-bond acceptors (Lipinski definition) is 4. The van der Waals surface area contributed by atoms with Crippen LogP contribution in [0.5, 0.6) is 0 Å². The molecular formula is C16H18N2O2. The molecule has 3 rings (SSSR count). The predicted octanol–water partition coefficient (Wildman–Crippen LogP) is 1.39. The summed E-state index contributed by atoms with van der Waals surface area (Å²) in [4.78, 5) is 16.2. The van der Waals surface area contributed by atoms with Gasteiger partial charge >= 0.3 is 0 Å². The summed E-state index contributed by atoms with van der Waals surface area (Å²) in [7, 11) is 0. The molecule has 3 atom stereocenters. The standard InChI is InChI=1S/C16H18N2O2/c19-12-16(14-5-2-4-9-18-14)8-3-1-6-15(16)20-13-7-10-17-11-13/h1-6,8-9,12-13,15,17H,7,10-11H2. The molecule has 1 aromatic rings. The zero-order valence-electron chi connectivity index (χ0n) is 11.2. The summed E-state index contributed by atoms with van der Waals surface area (Å²) in [6, 6.07) is 5.62. The molecule has 0 aromatic carbocycles. The van der Waals surface area contributed by atoms with Gasteiger partial charge in [-0.1, -0.05) is 30.4 Å². The van der Waals surface area contributed by atoms with E-state index in [9.17, 15) is 4.79 Å². The fourth-order valence-electron chi connectivity index (χ4n) is 2.76. The highest BCUT2D eigenvalue weighted by Crippen LogP contribution is 2.33. The summed E-state index contributed by atoms with van der Waals surface area (Å²) in [6.07, 6.45) is 11.1. The SMILES string of the molecule is O=CC1(c2ccccn2)C=CC=CC1OC1CCNC1. The smallest absolute Gasteiger partial charge is 0.138 e. The van der Waals surface area contributed by atoms with Crippen LogP contribution in [0.15, 0.2) is 48.7 Å². The van der Waals surface area contributed by atoms with Gasteiger partial charge in [-0.05, 0) is 25.1 Å². The van der Waals surface area contributed by atoms with Crippen molar-refractivity contribution in [2.75, 3.05) is 13.1 Å². The lowest BCUT2D eigenvalue weighted by Crippen LogP contribution is -2.44. The third-order valence-corrected chi connectivity index (χ3v) is 3.90. The largest absolute Gasteiger partial charge is 0.368 e. The molecule has 0 bridgehead atoms. The molecule has 1 aromatic heterocycles. The number of aromatic nitrogens is 1. The van der Waals surface area contributed by atoms with Crippen LogP contribution in [-0.2, 0) is 14.9 Å². The Bertz CT molecular complexity index is 521. The van der Waals surface area contributed by atoms with Crippen molar-refractivity contribution in [1.29, 1.82) is 0 Å². The van der Waals surface area contributed by atoms with E-state index in [-0.39, 0.29) is 12.2 Å². The number of carbonyl (C=O) groups is 1. The summed E-state index contributed by atoms with van der Waals surface area (Å²) < 4.78 is 6.14. The third-order valence-electron chi connectivity index (χ3n) is 3.90. The Morgan fingerprint density at radius 2 is 2.35 bits per heavy atom. The first-order valence-electron chi connectivity index (χ1n) is 6.95. The van der Waals surface area contributed by atoms with Gasteiger partial charge in [-0.25, -0.2) is 0 Å². The molecule has 4 nitrogen and oxygen atoms in total. The van der Waals surface area contributed by atoms with Crippen molar-refractivity contribution < 1.29 is 9.53 Å². The van der Waals surface area contributed by atoms with E-state index in [1.54, 1.807) is 6.20 Å². The topological polar surface area (TPSA) is 51.2 Å². The zero-order chi connectivity index (χ0) is 13.8. The number of rotatable bonds is 4. The predicted molar refractivity (Wildman–Crippen MR) is 76.4 cm³/mol. The van der Waals surface area contributed by atoms with Crippen molar-refractivity contribution in [2.24, 2.45) is 0 Å². The number of allylic oxidation sites excluding steroid dienone is 2. The molecule has 0 spiro atoms. The van der Waals surface area contributed by atoms with Crippen LogP contribution in [0.3, 0.4) is 0 Å². The van der Waals surface area contributed by atoms with Gasteiger partial charge in [-0.3, -0.25) is 4.98 Å². The lowest BCUT2D eigenvalue weighted by molar-refractivity contribution is -0.116. The molecule has 0 amide bonds. The third kappa shape index (κ3) is 2.32. The van der Waals surface area contributed by atoms with Gasteiger partial charge in [0.1, 0.15) is 11.7 Å². The van der Waals surface area contributed by atoms with E-state index in [1.807, 2.05) is 42.5 Å². The van der Waals surface area contributed by atoms with Gasteiger partial charge in [0.25, 0.3) is 0 Å². The van der Waals surface area contributed by atoms with Crippen LogP contribution in [0.1, 0.15) is 12.1 Å². The van der Waals surface area contributed by atoms with Crippen molar-refractivity contribution in [3.05, 3.63) is 54.4 Å². The Labute approximate surface area is 118 Å². The van der Waals surface area contributed by atoms with E-state index in [2.05, 4.69) is 10.3 Å². The van der Waals surface area contributed by atoms with Crippen molar-refractivity contribution in [2.45, 2.75) is 24.0 Å². The maximum absolute atomic E-state index is 11.8. The van der Waals surface area contributed by atoms with Crippen LogP contribution < -0.4 is 5.32 Å². The summed E-state index contributed by atoms with van der Waals surface area (Å²) >= 11 is 0. The van der Waals surface area contributed by atoms with Crippen LogP contribution in [0.25, 0.3) is 0 Å². The monoisotopic (exact) mass is 270 g/mol. The Morgan fingerprint density at radius 1 is 1.40 bits per heavy atom. The number of nitrogens with one attached hydrogen (secondary N) is 1. The normalized spacial score (nSPS) is 32.4. The average molecular weight is 270 g/mol. The molecule has 2 aliphatic rings. The second-order valence-electron chi connectivity index (χ2n) is 5.18. The van der Waals surface area contributed by atoms with Crippen molar-refractivity contribution >= 4 is 6.29 Å². The Balaban J connectivity index is 1.91. The first-order valence-corrected chi connectivity index (χ1v) is 6.95. The minimum absolute atomic E-state index is 0.152. The molecule has 1 saturated heterocycles. The number of nitrogens with zero attached hydrogens (tertiary/aromatic N) is 1. The van der Waals surface area contributed by atoms with Gasteiger partial charge in [0.05, 0.1) is 17.9 Å². The van der Waals surface area contributed by atoms with Gasteiger partial charge in [0, 0.05) is 12.7 Å². The number of hydrogen-bond donors (Lipinski definition) is 1. The molecule has 1 aliphatic carbocycles. The molecule has 3 unspecified atom stereocenters. The molecule has 0 radical (unpaired) electrons. The van der Waals surface area contributed by atoms with E-state index >= 15 is 0 Å². The Morgan fingerprint density at radius 3 is 3.05 bits per heavy atom. The van der Waals surface area contributed by atoms with E-state index in [4.69, 9.17) is 4.74 Å². The minimum Gasteiger partial charge on any atom is -0.368 e. The second-order valence-corrected chi connectivity index (χ2v) is 5.18. The van der Waals surface area contributed by atoms with Crippen LogP contribution >= 0.6 is 0 Å². The van der Waals surface area contributed by atoms with E-state index < -0.39 is 5.41 Å². The molecular weight excluding hydrogens is 252 g/mol. The highest BCUT2D eigenvalue weighted by atomic mass is 16.5. The first-order chi connectivity index (χ1) is 9.85. The van der Waals surface area contributed by atoms with Crippen molar-refractivity contribution in [1.82, 2.24) is 10.3 Å². The molecule has 1 aliphatic heterocycles. The van der Waals surface area contributed by atoms with Crippen LogP contribution in [0, 0.1) is 0 Å². The van der Waals surface area contributed by atoms with Gasteiger partial charge < -0.3 is 14.8 Å². The number of ether oxygens (including phenoxy) is 1. The number of aldehydes is 1. The molecule has 104 valence electrons. The molecule has 20 heavy (non-hydrogen) atoms. The lowest BCUT2D eigenvalue weighted by Gasteiger charge is -2.34. The fraction of sp³-hybridized carbons (Fsp3) is 0.375. The minimum atomic E-state index is -0.821. The molecule has 2 heterocycles. The summed E-state index contributed by atoms with van der Waals surface area (Å²) in [6.45, 7) is 1.81. The molecule has 0 saturated carbocycles. The van der Waals surface area contributed by atoms with E-state index in [0.29, 0.717) is 0 Å².